The molecule has 0 bridgehead atoms. The minimum Gasteiger partial charge on any atom is -0.392 e. The molecule has 0 spiro atoms. The molecule has 1 aliphatic heterocycles. The summed E-state index contributed by atoms with van der Waals surface area (Å²) in [5.41, 5.74) is 6.98. The second-order valence-corrected chi connectivity index (χ2v) is 7.46. The van der Waals surface area contributed by atoms with E-state index in [2.05, 4.69) is 11.0 Å². The van der Waals surface area contributed by atoms with E-state index in [0.29, 0.717) is 11.5 Å². The minimum atomic E-state index is 0.198. The predicted molar refractivity (Wildman–Crippen MR) is 90.1 cm³/mol. The molecule has 1 fully saturated rings. The highest BCUT2D eigenvalue weighted by atomic mass is 32.1. The first-order valence-corrected chi connectivity index (χ1v) is 8.77. The summed E-state index contributed by atoms with van der Waals surface area (Å²) in [7, 11) is 0. The summed E-state index contributed by atoms with van der Waals surface area (Å²) in [6, 6.07) is 2.13. The molecule has 21 heavy (non-hydrogen) atoms. The van der Waals surface area contributed by atoms with Gasteiger partial charge < -0.3 is 10.6 Å². The number of rotatable bonds is 3. The largest absolute Gasteiger partial charge is 0.392 e. The lowest BCUT2D eigenvalue weighted by molar-refractivity contribution is 0.0659. The molecule has 0 aromatic carbocycles. The molecule has 0 radical (unpaired) electrons. The quantitative estimate of drug-likeness (QED) is 0.860. The van der Waals surface area contributed by atoms with Gasteiger partial charge in [-0.3, -0.25) is 9.69 Å². The summed E-state index contributed by atoms with van der Waals surface area (Å²) in [6.07, 6.45) is 4.81. The van der Waals surface area contributed by atoms with Crippen LogP contribution in [0, 0.1) is 0 Å². The van der Waals surface area contributed by atoms with Crippen LogP contribution < -0.4 is 5.73 Å². The molecule has 1 aliphatic carbocycles. The molecule has 0 unspecified atom stereocenters. The smallest absolute Gasteiger partial charge is 0.264 e. The zero-order valence-corrected chi connectivity index (χ0v) is 13.8. The Morgan fingerprint density at radius 2 is 1.95 bits per heavy atom. The number of nitrogens with two attached hydrogens (primary N) is 1. The third-order valence-corrected chi connectivity index (χ3v) is 5.60. The number of amides is 1. The monoisotopic (exact) mass is 323 g/mol. The van der Waals surface area contributed by atoms with Crippen molar-refractivity contribution in [3.05, 3.63) is 21.4 Å². The van der Waals surface area contributed by atoms with Crippen LogP contribution in [0.4, 0.5) is 0 Å². The van der Waals surface area contributed by atoms with Crippen molar-refractivity contribution in [1.29, 1.82) is 0 Å². The van der Waals surface area contributed by atoms with E-state index in [1.807, 2.05) is 4.90 Å². The van der Waals surface area contributed by atoms with E-state index in [-0.39, 0.29) is 5.91 Å². The Labute approximate surface area is 134 Å². The van der Waals surface area contributed by atoms with Gasteiger partial charge >= 0.3 is 0 Å². The molecule has 0 atom stereocenters. The van der Waals surface area contributed by atoms with Crippen LogP contribution in [0.15, 0.2) is 6.07 Å². The Bertz CT molecular complexity index is 524. The van der Waals surface area contributed by atoms with Crippen molar-refractivity contribution in [3.63, 3.8) is 0 Å². The standard InChI is InChI=1S/C15H21N3OS2/c16-14(20)10-17-5-7-18(8-6-17)15(19)13-9-11-3-1-2-4-12(11)21-13/h9H,1-8,10H2,(H2,16,20). The summed E-state index contributed by atoms with van der Waals surface area (Å²) < 4.78 is 0. The third kappa shape index (κ3) is 3.44. The zero-order valence-electron chi connectivity index (χ0n) is 12.1. The lowest BCUT2D eigenvalue weighted by atomic mass is 9.99. The lowest BCUT2D eigenvalue weighted by Crippen LogP contribution is -2.50. The molecular weight excluding hydrogens is 302 g/mol. The summed E-state index contributed by atoms with van der Waals surface area (Å²) >= 11 is 6.64. The first-order valence-electron chi connectivity index (χ1n) is 7.55. The number of carbonyl (C=O) groups excluding carboxylic acids is 1. The van der Waals surface area contributed by atoms with Crippen molar-refractivity contribution in [1.82, 2.24) is 9.80 Å². The second-order valence-electron chi connectivity index (χ2n) is 5.80. The number of hydrogen-bond donors (Lipinski definition) is 1. The van der Waals surface area contributed by atoms with Crippen LogP contribution in [0.25, 0.3) is 0 Å². The molecule has 1 saturated heterocycles. The van der Waals surface area contributed by atoms with Crippen LogP contribution in [0.5, 0.6) is 0 Å². The number of aryl methyl sites for hydroxylation is 2. The fourth-order valence-corrected chi connectivity index (χ4v) is 4.49. The maximum atomic E-state index is 12.6. The van der Waals surface area contributed by atoms with Crippen molar-refractivity contribution in [2.45, 2.75) is 25.7 Å². The second kappa shape index (κ2) is 6.42. The first kappa shape index (κ1) is 14.9. The van der Waals surface area contributed by atoms with E-state index >= 15 is 0 Å². The maximum absolute atomic E-state index is 12.6. The fourth-order valence-electron chi connectivity index (χ4n) is 3.08. The van der Waals surface area contributed by atoms with Gasteiger partial charge in [-0.1, -0.05) is 12.2 Å². The number of nitrogens with zero attached hydrogens (tertiary/aromatic N) is 2. The average molecular weight is 323 g/mol. The number of hydrogen-bond acceptors (Lipinski definition) is 4. The Morgan fingerprint density at radius 1 is 1.24 bits per heavy atom. The predicted octanol–water partition coefficient (Wildman–Crippen LogP) is 1.67. The molecule has 114 valence electrons. The highest BCUT2D eigenvalue weighted by Crippen LogP contribution is 2.30. The van der Waals surface area contributed by atoms with Gasteiger partial charge in [-0.15, -0.1) is 11.3 Å². The molecule has 1 amide bonds. The molecule has 1 aromatic rings. The Kier molecular flexibility index (Phi) is 4.57. The Morgan fingerprint density at radius 3 is 2.62 bits per heavy atom. The van der Waals surface area contributed by atoms with E-state index in [9.17, 15) is 4.79 Å². The van der Waals surface area contributed by atoms with E-state index in [0.717, 1.165) is 43.9 Å². The molecule has 2 heterocycles. The molecule has 0 saturated carbocycles. The van der Waals surface area contributed by atoms with Crippen molar-refractivity contribution in [2.24, 2.45) is 5.73 Å². The summed E-state index contributed by atoms with van der Waals surface area (Å²) in [4.78, 5) is 19.7. The summed E-state index contributed by atoms with van der Waals surface area (Å²) in [5.74, 6) is 0.198. The van der Waals surface area contributed by atoms with Gasteiger partial charge in [-0.05, 0) is 37.3 Å². The van der Waals surface area contributed by atoms with Crippen LogP contribution in [-0.2, 0) is 12.8 Å². The van der Waals surface area contributed by atoms with Gasteiger partial charge in [0.1, 0.15) is 0 Å². The summed E-state index contributed by atoms with van der Waals surface area (Å²) in [6.45, 7) is 3.90. The van der Waals surface area contributed by atoms with E-state index in [4.69, 9.17) is 18.0 Å². The molecular formula is C15H21N3OS2. The van der Waals surface area contributed by atoms with E-state index in [1.54, 1.807) is 11.3 Å². The van der Waals surface area contributed by atoms with Crippen LogP contribution in [0.1, 0.15) is 33.0 Å². The van der Waals surface area contributed by atoms with Gasteiger partial charge in [0.2, 0.25) is 0 Å². The van der Waals surface area contributed by atoms with Gasteiger partial charge in [-0.25, -0.2) is 0 Å². The maximum Gasteiger partial charge on any atom is 0.264 e. The molecule has 1 aromatic heterocycles. The van der Waals surface area contributed by atoms with Crippen LogP contribution in [-0.4, -0.2) is 53.4 Å². The highest BCUT2D eigenvalue weighted by molar-refractivity contribution is 7.80. The van der Waals surface area contributed by atoms with Crippen molar-refractivity contribution >= 4 is 34.5 Å². The van der Waals surface area contributed by atoms with Crippen LogP contribution in [0.2, 0.25) is 0 Å². The molecule has 2 N–H and O–H groups in total. The zero-order chi connectivity index (χ0) is 14.8. The van der Waals surface area contributed by atoms with Gasteiger partial charge in [-0.2, -0.15) is 0 Å². The van der Waals surface area contributed by atoms with E-state index < -0.39 is 0 Å². The molecule has 4 nitrogen and oxygen atoms in total. The third-order valence-electron chi connectivity index (χ3n) is 4.25. The Hall–Kier alpha value is -0.980. The van der Waals surface area contributed by atoms with Crippen LogP contribution >= 0.6 is 23.6 Å². The lowest BCUT2D eigenvalue weighted by Gasteiger charge is -2.34. The average Bonchev–Trinajstić information content (AvgIpc) is 2.90. The van der Waals surface area contributed by atoms with Crippen molar-refractivity contribution < 1.29 is 4.79 Å². The fraction of sp³-hybridized carbons (Fsp3) is 0.600. The van der Waals surface area contributed by atoms with E-state index in [1.165, 1.54) is 23.3 Å². The van der Waals surface area contributed by atoms with Gasteiger partial charge in [0.25, 0.3) is 5.91 Å². The number of piperazine rings is 1. The normalized spacial score (nSPS) is 19.3. The van der Waals surface area contributed by atoms with Gasteiger partial charge in [0, 0.05) is 37.6 Å². The van der Waals surface area contributed by atoms with Gasteiger partial charge in [0.05, 0.1) is 9.87 Å². The Balaban J connectivity index is 1.61. The molecule has 2 aliphatic rings. The van der Waals surface area contributed by atoms with Crippen molar-refractivity contribution in [2.75, 3.05) is 32.7 Å². The number of thiophene rings is 1. The highest BCUT2D eigenvalue weighted by Gasteiger charge is 2.25. The molecule has 3 rings (SSSR count). The first-order chi connectivity index (χ1) is 10.1. The minimum absolute atomic E-state index is 0.198. The number of fused-ring (bicyclic) bond motifs is 1. The van der Waals surface area contributed by atoms with Crippen molar-refractivity contribution in [3.8, 4) is 0 Å². The van der Waals surface area contributed by atoms with Crippen LogP contribution in [0.3, 0.4) is 0 Å². The number of carbonyl (C=O) groups is 1. The van der Waals surface area contributed by atoms with Gasteiger partial charge in [0.15, 0.2) is 0 Å². The SMILES string of the molecule is NC(=S)CN1CCN(C(=O)c2cc3c(s2)CCCC3)CC1. The number of thiocarbonyl (C=S) groups is 1. The summed E-state index contributed by atoms with van der Waals surface area (Å²) in [5, 5.41) is 0. The topological polar surface area (TPSA) is 49.6 Å². The molecule has 6 heteroatoms.